The van der Waals surface area contributed by atoms with Crippen LogP contribution in [-0.4, -0.2) is 44.0 Å². The molecule has 0 saturated carbocycles. The Hall–Kier alpha value is -2.64. The fourth-order valence-corrected chi connectivity index (χ4v) is 6.63. The van der Waals surface area contributed by atoms with Gasteiger partial charge in [0, 0.05) is 5.56 Å². The van der Waals surface area contributed by atoms with Crippen molar-refractivity contribution in [2.24, 2.45) is 0 Å². The predicted molar refractivity (Wildman–Crippen MR) is 140 cm³/mol. The highest BCUT2D eigenvalue weighted by molar-refractivity contribution is 7.97. The molecule has 0 N–H and O–H groups in total. The van der Waals surface area contributed by atoms with Crippen LogP contribution < -0.4 is 4.74 Å². The van der Waals surface area contributed by atoms with Crippen molar-refractivity contribution in [1.82, 2.24) is 0 Å². The summed E-state index contributed by atoms with van der Waals surface area (Å²) < 4.78 is 103. The molecule has 0 amide bonds. The van der Waals surface area contributed by atoms with Gasteiger partial charge in [0.15, 0.2) is 30.6 Å². The zero-order valence-corrected chi connectivity index (χ0v) is 23.2. The second-order valence-electron chi connectivity index (χ2n) is 9.24. The molecule has 1 unspecified atom stereocenters. The summed E-state index contributed by atoms with van der Waals surface area (Å²) in [6.07, 6.45) is 0.208. The number of hydrogen-bond donors (Lipinski definition) is 0. The van der Waals surface area contributed by atoms with E-state index in [1.54, 1.807) is 12.1 Å². The lowest BCUT2D eigenvalue weighted by Gasteiger charge is -2.28. The Labute approximate surface area is 233 Å². The largest absolute Gasteiger partial charge is 0.743 e. The number of rotatable bonds is 10. The van der Waals surface area contributed by atoms with Crippen molar-refractivity contribution >= 4 is 21.0 Å². The van der Waals surface area contributed by atoms with E-state index in [1.807, 2.05) is 61.5 Å². The van der Waals surface area contributed by atoms with Gasteiger partial charge in [-0.05, 0) is 80.4 Å². The van der Waals surface area contributed by atoms with E-state index in [9.17, 15) is 30.5 Å². The van der Waals surface area contributed by atoms with E-state index in [-0.39, 0.29) is 5.75 Å². The average Bonchev–Trinajstić information content (AvgIpc) is 3.15. The summed E-state index contributed by atoms with van der Waals surface area (Å²) in [4.78, 5) is 2.91. The van der Waals surface area contributed by atoms with Crippen LogP contribution in [0.3, 0.4) is 0 Å². The molecule has 1 heterocycles. The highest BCUT2D eigenvalue weighted by Crippen LogP contribution is 2.41. The van der Waals surface area contributed by atoms with Gasteiger partial charge in [0.1, 0.15) is 5.75 Å². The smallest absolute Gasteiger partial charge is 0.396 e. The van der Waals surface area contributed by atoms with Crippen LogP contribution in [-0.2, 0) is 36.3 Å². The lowest BCUT2D eigenvalue weighted by Crippen LogP contribution is -2.47. The van der Waals surface area contributed by atoms with Crippen molar-refractivity contribution in [1.29, 1.82) is 0 Å². The summed E-state index contributed by atoms with van der Waals surface area (Å²) in [5.74, 6) is -5.79. The average molecular weight is 601 g/mol. The Morgan fingerprint density at radius 3 is 1.88 bits per heavy atom. The zero-order chi connectivity index (χ0) is 29.0. The first-order chi connectivity index (χ1) is 18.8. The molecule has 3 aromatic carbocycles. The molecule has 6 nitrogen and oxygen atoms in total. The van der Waals surface area contributed by atoms with Crippen LogP contribution in [0.25, 0.3) is 0 Å². The minimum absolute atomic E-state index is 0.121. The van der Waals surface area contributed by atoms with Crippen molar-refractivity contribution in [2.75, 3.05) is 19.8 Å². The van der Waals surface area contributed by atoms with Crippen molar-refractivity contribution in [2.45, 2.75) is 57.8 Å². The molecule has 1 fully saturated rings. The van der Waals surface area contributed by atoms with Crippen LogP contribution in [0.2, 0.25) is 0 Å². The van der Waals surface area contributed by atoms with Gasteiger partial charge >= 0.3 is 11.2 Å². The molecule has 12 heteroatoms. The van der Waals surface area contributed by atoms with E-state index in [1.165, 1.54) is 12.1 Å². The van der Waals surface area contributed by atoms with Crippen molar-refractivity contribution < 1.29 is 44.7 Å². The van der Waals surface area contributed by atoms with Crippen LogP contribution in [0.1, 0.15) is 31.7 Å². The second kappa shape index (κ2) is 12.1. The van der Waals surface area contributed by atoms with E-state index in [4.69, 9.17) is 14.2 Å². The Kier molecular flexibility index (Phi) is 9.15. The summed E-state index contributed by atoms with van der Waals surface area (Å²) in [5, 5.41) is -5.74. The molecular weight excluding hydrogens is 572 g/mol. The molecule has 0 aliphatic carbocycles. The first kappa shape index (κ1) is 30.3. The fourth-order valence-electron chi connectivity index (χ4n) is 4.10. The normalized spacial score (nSPS) is 17.1. The van der Waals surface area contributed by atoms with Crippen molar-refractivity contribution in [3.8, 4) is 5.75 Å². The molecule has 3 aromatic rings. The van der Waals surface area contributed by atoms with Gasteiger partial charge in [-0.25, -0.2) is 8.42 Å². The van der Waals surface area contributed by atoms with Gasteiger partial charge in [-0.15, -0.1) is 0 Å². The van der Waals surface area contributed by atoms with Gasteiger partial charge in [-0.1, -0.05) is 18.2 Å². The lowest BCUT2D eigenvalue weighted by atomic mass is 10.1. The summed E-state index contributed by atoms with van der Waals surface area (Å²) in [5.41, 5.74) is 0.894. The van der Waals surface area contributed by atoms with Gasteiger partial charge in [-0.3, -0.25) is 0 Å². The van der Waals surface area contributed by atoms with Crippen LogP contribution in [0.4, 0.5) is 17.6 Å². The molecule has 1 saturated heterocycles. The maximum Gasteiger partial charge on any atom is 0.396 e. The monoisotopic (exact) mass is 600 g/mol. The van der Waals surface area contributed by atoms with E-state index in [0.29, 0.717) is 13.2 Å². The minimum atomic E-state index is -6.54. The van der Waals surface area contributed by atoms with Gasteiger partial charge in [0.05, 0.1) is 37.1 Å². The molecular formula is C28H28F4O6S2. The summed E-state index contributed by atoms with van der Waals surface area (Å²) in [7, 11) is -7.09. The Morgan fingerprint density at radius 2 is 1.35 bits per heavy atom. The number of halogens is 4. The molecule has 0 radical (unpaired) electrons. The number of benzene rings is 3. The van der Waals surface area contributed by atoms with E-state index >= 15 is 0 Å². The third-order valence-electron chi connectivity index (χ3n) is 6.37. The van der Waals surface area contributed by atoms with Gasteiger partial charge in [0.25, 0.3) is 0 Å². The van der Waals surface area contributed by atoms with Crippen molar-refractivity contribution in [3.63, 3.8) is 0 Å². The van der Waals surface area contributed by atoms with E-state index in [2.05, 4.69) is 0 Å². The third-order valence-corrected chi connectivity index (χ3v) is 9.53. The van der Waals surface area contributed by atoms with E-state index < -0.39 is 51.0 Å². The predicted octanol–water partition coefficient (Wildman–Crippen LogP) is 6.32. The fraction of sp³-hybridized carbons (Fsp3) is 0.357. The highest BCUT2D eigenvalue weighted by Gasteiger charge is 2.61. The van der Waals surface area contributed by atoms with Crippen LogP contribution in [0, 0.1) is 0 Å². The van der Waals surface area contributed by atoms with Gasteiger partial charge in [-0.2, -0.15) is 17.6 Å². The van der Waals surface area contributed by atoms with E-state index in [0.717, 1.165) is 33.1 Å². The summed E-state index contributed by atoms with van der Waals surface area (Å²) in [6, 6.07) is 24.2. The maximum absolute atomic E-state index is 13.7. The minimum Gasteiger partial charge on any atom is -0.743 e. The molecule has 216 valence electrons. The standard InChI is InChI=1S/C28H28F4O6S2/c1-26(37-18-5-6-19-38-26)21-9-13-24(14-10-21)39(23-7-3-2-4-8-23)25-15-11-22(12-16-25)36-20-17-27(29,30)28(31,32)40(33,34)35/h2-4,7-16H,5-6,17-20H2,1H3. The summed E-state index contributed by atoms with van der Waals surface area (Å²) >= 11 is 0. The van der Waals surface area contributed by atoms with Crippen LogP contribution >= 0.6 is 0 Å². The Morgan fingerprint density at radius 1 is 0.850 bits per heavy atom. The molecule has 4 rings (SSSR count). The summed E-state index contributed by atoms with van der Waals surface area (Å²) in [6.45, 7) is 2.20. The molecule has 1 aliphatic heterocycles. The maximum atomic E-state index is 13.7. The molecule has 40 heavy (non-hydrogen) atoms. The number of ether oxygens (including phenoxy) is 3. The first-order valence-electron chi connectivity index (χ1n) is 12.5. The molecule has 0 spiro atoms. The second-order valence-corrected chi connectivity index (χ2v) is 12.7. The molecule has 1 atom stereocenters. The van der Waals surface area contributed by atoms with Crippen LogP contribution in [0.15, 0.2) is 93.5 Å². The van der Waals surface area contributed by atoms with Gasteiger partial charge in [0.2, 0.25) is 0 Å². The molecule has 0 bridgehead atoms. The van der Waals surface area contributed by atoms with Gasteiger partial charge < -0.3 is 18.8 Å². The zero-order valence-electron chi connectivity index (χ0n) is 21.5. The van der Waals surface area contributed by atoms with Crippen molar-refractivity contribution in [3.05, 3.63) is 84.4 Å². The molecule has 0 aromatic heterocycles. The quantitative estimate of drug-likeness (QED) is 0.154. The highest BCUT2D eigenvalue weighted by atomic mass is 32.2. The number of alkyl halides is 4. The van der Waals surface area contributed by atoms with Crippen LogP contribution in [0.5, 0.6) is 5.75 Å². The third kappa shape index (κ3) is 6.63. The number of hydrogen-bond acceptors (Lipinski definition) is 6. The topological polar surface area (TPSA) is 84.9 Å². The lowest BCUT2D eigenvalue weighted by molar-refractivity contribution is -0.221. The Bertz CT molecular complexity index is 1360. The molecule has 1 aliphatic rings. The Balaban J connectivity index is 1.52. The first-order valence-corrected chi connectivity index (χ1v) is 15.1. The SMILES string of the molecule is CC1(c2ccc([S+](c3ccccc3)c3ccc(OCCC(F)(F)C(F)(F)S(=O)(=O)[O-])cc3)cc2)OCCCCO1.